The van der Waals surface area contributed by atoms with Crippen molar-refractivity contribution in [3.8, 4) is 0 Å². The van der Waals surface area contributed by atoms with Gasteiger partial charge in [-0.15, -0.1) is 0 Å². The molecule has 0 aliphatic heterocycles. The second-order valence-corrected chi connectivity index (χ2v) is 4.21. The van der Waals surface area contributed by atoms with Gasteiger partial charge in [0.05, 0.1) is 17.2 Å². The lowest BCUT2D eigenvalue weighted by Crippen LogP contribution is -2.14. The molecule has 0 spiro atoms. The summed E-state index contributed by atoms with van der Waals surface area (Å²) in [5.41, 5.74) is 0.0575. The molecule has 0 radical (unpaired) electrons. The molecule has 2 N–H and O–H groups in total. The Balaban J connectivity index is 3.48. The van der Waals surface area contributed by atoms with Crippen LogP contribution in [0.25, 0.3) is 5.57 Å². The zero-order chi connectivity index (χ0) is 15.3. The maximum absolute atomic E-state index is 11.6. The first kappa shape index (κ1) is 15.6. The van der Waals surface area contributed by atoms with E-state index in [9.17, 15) is 14.4 Å². The Kier molecular flexibility index (Phi) is 5.14. The van der Waals surface area contributed by atoms with E-state index in [-0.39, 0.29) is 22.6 Å². The van der Waals surface area contributed by atoms with Crippen LogP contribution in [0, 0.1) is 0 Å². The minimum Gasteiger partial charge on any atom is -0.478 e. The van der Waals surface area contributed by atoms with Crippen LogP contribution in [0.3, 0.4) is 0 Å². The normalized spacial score (nSPS) is 12.8. The molecule has 0 fully saturated rings. The van der Waals surface area contributed by atoms with Gasteiger partial charge in [0.15, 0.2) is 0 Å². The monoisotopic (exact) mass is 277 g/mol. The second-order valence-electron chi connectivity index (χ2n) is 4.21. The molecular weight excluding hydrogens is 262 g/mol. The summed E-state index contributed by atoms with van der Waals surface area (Å²) in [4.78, 5) is 37.7. The predicted octanol–water partition coefficient (Wildman–Crippen LogP) is 1.72. The molecule has 106 valence electrons. The topological polar surface area (TPSA) is 105 Å². The van der Waals surface area contributed by atoms with Gasteiger partial charge in [0.2, 0.25) is 0 Å². The van der Waals surface area contributed by atoms with Crippen molar-refractivity contribution in [3.63, 3.8) is 0 Å². The van der Waals surface area contributed by atoms with Crippen LogP contribution in [0.15, 0.2) is 24.4 Å². The summed E-state index contributed by atoms with van der Waals surface area (Å²) in [7, 11) is 0. The molecule has 0 saturated carbocycles. The summed E-state index contributed by atoms with van der Waals surface area (Å²) < 4.78 is 0. The van der Waals surface area contributed by atoms with Gasteiger partial charge in [0, 0.05) is 17.8 Å². The highest BCUT2D eigenvalue weighted by Gasteiger charge is 2.24. The van der Waals surface area contributed by atoms with Gasteiger partial charge in [-0.05, 0) is 19.4 Å². The van der Waals surface area contributed by atoms with E-state index in [4.69, 9.17) is 10.2 Å². The minimum atomic E-state index is -1.37. The minimum absolute atomic E-state index is 0.146. The summed E-state index contributed by atoms with van der Waals surface area (Å²) in [5.74, 6) is -3.44. The standard InChI is InChI=1S/C14H15NO5/c1-3-9(8(2)16)13-10(5-4-6-15-13)11(14(19)20)7-12(17)18/h4-7,9H,3H2,1-2H3,(H,17,18)(H,19,20)/b11-7-. The number of aromatic nitrogens is 1. The number of carboxylic acids is 2. The number of hydrogen-bond acceptors (Lipinski definition) is 4. The highest BCUT2D eigenvalue weighted by atomic mass is 16.4. The number of Topliss-reactive ketones (excluding diaryl/α,β-unsaturated/α-hetero) is 1. The Bertz CT molecular complexity index is 577. The number of carboxylic acid groups (broad SMARTS) is 2. The van der Waals surface area contributed by atoms with Crippen LogP contribution in [0.5, 0.6) is 0 Å². The van der Waals surface area contributed by atoms with Crippen LogP contribution in [0.4, 0.5) is 0 Å². The Morgan fingerprint density at radius 3 is 2.45 bits per heavy atom. The number of rotatable bonds is 6. The zero-order valence-electron chi connectivity index (χ0n) is 11.2. The fourth-order valence-electron chi connectivity index (χ4n) is 1.97. The molecule has 1 heterocycles. The first-order chi connectivity index (χ1) is 9.38. The van der Waals surface area contributed by atoms with Gasteiger partial charge in [-0.25, -0.2) is 9.59 Å². The van der Waals surface area contributed by atoms with Gasteiger partial charge in [-0.2, -0.15) is 0 Å². The Labute approximate surface area is 115 Å². The third-order valence-corrected chi connectivity index (χ3v) is 2.86. The number of hydrogen-bond donors (Lipinski definition) is 2. The number of pyridine rings is 1. The molecule has 1 unspecified atom stereocenters. The van der Waals surface area contributed by atoms with Crippen molar-refractivity contribution in [3.05, 3.63) is 35.7 Å². The second kappa shape index (κ2) is 6.60. The predicted molar refractivity (Wildman–Crippen MR) is 71.2 cm³/mol. The number of ketones is 1. The first-order valence-corrected chi connectivity index (χ1v) is 6.02. The van der Waals surface area contributed by atoms with Crippen molar-refractivity contribution < 1.29 is 24.6 Å². The lowest BCUT2D eigenvalue weighted by atomic mass is 9.91. The molecular formula is C14H15NO5. The van der Waals surface area contributed by atoms with Crippen LogP contribution in [-0.4, -0.2) is 32.9 Å². The molecule has 6 nitrogen and oxygen atoms in total. The largest absolute Gasteiger partial charge is 0.478 e. The van der Waals surface area contributed by atoms with Crippen LogP contribution >= 0.6 is 0 Å². The van der Waals surface area contributed by atoms with Crippen molar-refractivity contribution >= 4 is 23.3 Å². The third-order valence-electron chi connectivity index (χ3n) is 2.86. The van der Waals surface area contributed by atoms with E-state index >= 15 is 0 Å². The zero-order valence-corrected chi connectivity index (χ0v) is 11.2. The average Bonchev–Trinajstić information content (AvgIpc) is 2.36. The van der Waals surface area contributed by atoms with E-state index in [1.165, 1.54) is 25.3 Å². The molecule has 0 aliphatic carbocycles. The summed E-state index contributed by atoms with van der Waals surface area (Å²) in [6, 6.07) is 2.96. The van der Waals surface area contributed by atoms with Crippen LogP contribution in [0.1, 0.15) is 37.4 Å². The molecule has 0 saturated heterocycles. The van der Waals surface area contributed by atoms with Crippen LogP contribution < -0.4 is 0 Å². The highest BCUT2D eigenvalue weighted by molar-refractivity contribution is 6.19. The van der Waals surface area contributed by atoms with E-state index in [2.05, 4.69) is 4.98 Å². The number of aliphatic carboxylic acids is 2. The number of carbonyl (C=O) groups excluding carboxylic acids is 1. The molecule has 1 rings (SSSR count). The SMILES string of the molecule is CCC(C(C)=O)c1ncccc1/C(=C/C(=O)O)C(=O)O. The summed E-state index contributed by atoms with van der Waals surface area (Å²) in [6.07, 6.45) is 2.51. The Morgan fingerprint density at radius 2 is 2.00 bits per heavy atom. The van der Waals surface area contributed by atoms with Crippen molar-refractivity contribution in [2.45, 2.75) is 26.2 Å². The Hall–Kier alpha value is -2.50. The number of nitrogens with zero attached hydrogens (tertiary/aromatic N) is 1. The maximum atomic E-state index is 11.6. The molecule has 0 aromatic carbocycles. The van der Waals surface area contributed by atoms with Crippen molar-refractivity contribution in [2.24, 2.45) is 0 Å². The maximum Gasteiger partial charge on any atom is 0.336 e. The molecule has 0 amide bonds. The fraction of sp³-hybridized carbons (Fsp3) is 0.286. The Morgan fingerprint density at radius 1 is 1.35 bits per heavy atom. The van der Waals surface area contributed by atoms with Crippen molar-refractivity contribution in [2.75, 3.05) is 0 Å². The fourth-order valence-corrected chi connectivity index (χ4v) is 1.97. The van der Waals surface area contributed by atoms with Gasteiger partial charge in [0.1, 0.15) is 5.78 Å². The van der Waals surface area contributed by atoms with Gasteiger partial charge >= 0.3 is 11.9 Å². The van der Waals surface area contributed by atoms with Crippen LogP contribution in [-0.2, 0) is 14.4 Å². The third kappa shape index (κ3) is 3.50. The molecule has 1 aromatic rings. The summed E-state index contributed by atoms with van der Waals surface area (Å²) in [6.45, 7) is 3.18. The van der Waals surface area contributed by atoms with Crippen LogP contribution in [0.2, 0.25) is 0 Å². The highest BCUT2D eigenvalue weighted by Crippen LogP contribution is 2.27. The van der Waals surface area contributed by atoms with Gasteiger partial charge in [0.25, 0.3) is 0 Å². The molecule has 20 heavy (non-hydrogen) atoms. The van der Waals surface area contributed by atoms with Gasteiger partial charge in [-0.1, -0.05) is 13.0 Å². The van der Waals surface area contributed by atoms with E-state index in [1.54, 1.807) is 6.92 Å². The first-order valence-electron chi connectivity index (χ1n) is 6.02. The summed E-state index contributed by atoms with van der Waals surface area (Å²) in [5, 5.41) is 17.9. The van der Waals surface area contributed by atoms with E-state index in [0.717, 1.165) is 0 Å². The lowest BCUT2D eigenvalue weighted by molar-refractivity contribution is -0.133. The van der Waals surface area contributed by atoms with Gasteiger partial charge in [-0.3, -0.25) is 9.78 Å². The van der Waals surface area contributed by atoms with Gasteiger partial charge < -0.3 is 10.2 Å². The smallest absolute Gasteiger partial charge is 0.336 e. The van der Waals surface area contributed by atoms with Crippen molar-refractivity contribution in [1.82, 2.24) is 4.98 Å². The van der Waals surface area contributed by atoms with E-state index < -0.39 is 17.9 Å². The van der Waals surface area contributed by atoms with E-state index in [0.29, 0.717) is 12.5 Å². The molecule has 1 atom stereocenters. The average molecular weight is 277 g/mol. The quantitative estimate of drug-likeness (QED) is 0.767. The van der Waals surface area contributed by atoms with E-state index in [1.807, 2.05) is 0 Å². The molecule has 1 aromatic heterocycles. The lowest BCUT2D eigenvalue weighted by Gasteiger charge is -2.15. The summed E-state index contributed by atoms with van der Waals surface area (Å²) >= 11 is 0. The molecule has 0 bridgehead atoms. The van der Waals surface area contributed by atoms with Crippen molar-refractivity contribution in [1.29, 1.82) is 0 Å². The molecule has 6 heteroatoms. The molecule has 0 aliphatic rings. The number of carbonyl (C=O) groups is 3.